The van der Waals surface area contributed by atoms with E-state index in [0.29, 0.717) is 5.82 Å². The van der Waals surface area contributed by atoms with Gasteiger partial charge in [0.05, 0.1) is 47.4 Å². The van der Waals surface area contributed by atoms with E-state index in [-0.39, 0.29) is 0 Å². The van der Waals surface area contributed by atoms with E-state index < -0.39 is 0 Å². The molecule has 10 aromatic heterocycles. The molecule has 0 saturated heterocycles. The van der Waals surface area contributed by atoms with Crippen molar-refractivity contribution in [1.82, 2.24) is 95.4 Å². The molecule has 138 heavy (non-hydrogen) atoms. The van der Waals surface area contributed by atoms with Crippen molar-refractivity contribution in [2.24, 2.45) is 0 Å². The van der Waals surface area contributed by atoms with Gasteiger partial charge in [-0.2, -0.15) is 20.4 Å². The Balaban J connectivity index is -0.000000122. The quantitative estimate of drug-likeness (QED) is 0.137. The van der Waals surface area contributed by atoms with Crippen LogP contribution in [-0.2, 0) is 25.7 Å². The highest BCUT2D eigenvalue weighted by Crippen LogP contribution is 2.29. The van der Waals surface area contributed by atoms with E-state index in [2.05, 4.69) is 162 Å². The second kappa shape index (κ2) is 133. The SMILES string of the molecule is CC.CC.CC.CC.CC.CC.CC.CC.CC.CC.CC.CC.CC.CC.CC.CC.CC.CC.Cc1ccncc1.Cc1ccncn1.Cc1ccnnc1.Cc1cnncn1.Cc1nccnn1.Cc1ncncn1.c1ccc2c(c1)CCCO2.c1ccc2c(c1)CCCS2.c1ccc2cnccc2c1.c1ccc2ncccc2c1.c1ccc2nccnc2c1.c1cnc2c(c1)CCCC2. The molecule has 0 amide bonds. The summed E-state index contributed by atoms with van der Waals surface area (Å²) in [6.45, 7) is 84.3. The zero-order valence-corrected chi connectivity index (χ0v) is 95.3. The van der Waals surface area contributed by atoms with E-state index in [0.717, 1.165) is 58.1 Å². The van der Waals surface area contributed by atoms with Gasteiger partial charge in [0, 0.05) is 89.8 Å². The molecule has 768 valence electrons. The van der Waals surface area contributed by atoms with Crippen molar-refractivity contribution in [2.45, 2.75) is 347 Å². The zero-order chi connectivity index (χ0) is 108. The molecule has 0 fully saturated rings. The van der Waals surface area contributed by atoms with E-state index in [1.54, 1.807) is 74.5 Å². The number of hydrogen-bond acceptors (Lipinski definition) is 21. The molecular weight excluding hydrogens is 1720 g/mol. The summed E-state index contributed by atoms with van der Waals surface area (Å²) in [5, 5.41) is 25.1. The van der Waals surface area contributed by atoms with Gasteiger partial charge in [-0.05, 0) is 210 Å². The average molecular weight is 1910 g/mol. The molecular formula is C117H193N19OS. The monoisotopic (exact) mass is 1910 g/mol. The van der Waals surface area contributed by atoms with Crippen molar-refractivity contribution >= 4 is 44.5 Å². The number of thioether (sulfide) groups is 1. The van der Waals surface area contributed by atoms with Crippen molar-refractivity contribution in [2.75, 3.05) is 12.4 Å². The predicted octanol–water partition coefficient (Wildman–Crippen LogP) is 34.8. The summed E-state index contributed by atoms with van der Waals surface area (Å²) >= 11 is 1.99. The number of nitrogens with zero attached hydrogens (tertiary/aromatic N) is 19. The topological polar surface area (TPSA) is 254 Å². The van der Waals surface area contributed by atoms with Gasteiger partial charge in [-0.15, -0.1) is 22.0 Å². The number of aromatic nitrogens is 19. The molecule has 0 atom stereocenters. The Morgan fingerprint density at radius 1 is 0.239 bits per heavy atom. The Morgan fingerprint density at radius 3 is 1.09 bits per heavy atom. The van der Waals surface area contributed by atoms with Crippen LogP contribution in [-0.4, -0.2) is 108 Å². The molecule has 18 rings (SSSR count). The summed E-state index contributed by atoms with van der Waals surface area (Å²) in [6, 6.07) is 59.0. The fourth-order valence-corrected chi connectivity index (χ4v) is 10.2. The lowest BCUT2D eigenvalue weighted by Gasteiger charge is -2.15. The van der Waals surface area contributed by atoms with Crippen LogP contribution in [0.1, 0.15) is 331 Å². The number of fused-ring (bicyclic) bond motifs is 6. The van der Waals surface area contributed by atoms with Crippen LogP contribution in [0.25, 0.3) is 32.7 Å². The summed E-state index contributed by atoms with van der Waals surface area (Å²) in [4.78, 5) is 52.4. The Labute approximate surface area is 849 Å². The number of rotatable bonds is 0. The van der Waals surface area contributed by atoms with Crippen LogP contribution in [0.15, 0.2) is 293 Å². The fourth-order valence-electron chi connectivity index (χ4n) is 9.12. The van der Waals surface area contributed by atoms with E-state index in [9.17, 15) is 0 Å². The predicted molar refractivity (Wildman–Crippen MR) is 610 cm³/mol. The molecule has 1 aliphatic carbocycles. The second-order valence-electron chi connectivity index (χ2n) is 22.3. The van der Waals surface area contributed by atoms with Gasteiger partial charge in [0.15, 0.2) is 0 Å². The minimum Gasteiger partial charge on any atom is -0.493 e. The Hall–Kier alpha value is -12.1. The van der Waals surface area contributed by atoms with E-state index in [1.165, 1.54) is 119 Å². The van der Waals surface area contributed by atoms with Gasteiger partial charge in [0.1, 0.15) is 42.7 Å². The van der Waals surface area contributed by atoms with E-state index >= 15 is 0 Å². The standard InChI is InChI=1S/C9H11N.2C9H7N.C9H10O.C9H10S.C8H6N2.C6H7N.2C5H6N2.3C4H5N3.18C2H6/c2*1-2-6-9-8(4-1)5-3-7-10-9;1-2-4-9-7-10-6-5-8(9)3-1;2*1-2-6-9-8(4-1)5-3-7-10-9;1-2-4-8-7(3-1)9-5-6-10-8;1-6-2-4-7-5-3-6;1-5-2-3-6-4-7-5;1-5-2-3-6-7-4-5;1-4-6-2-5-3-7-4;1-4-2-6-7-3-5-4;1-4-5-2-3-6-7-4;18*1-2/h3,5,7H,1-2,4,6H2;2*1-7H;2*1-2,4,6H,3,5,7H2;1-6H;2-5H,1H3;2*2-4H,1H3;3*2-3H,1H3;18*1-2H3. The summed E-state index contributed by atoms with van der Waals surface area (Å²) < 4.78 is 5.42. The van der Waals surface area contributed by atoms with Crippen LogP contribution in [0.2, 0.25) is 0 Å². The minimum absolute atomic E-state index is 0.711. The van der Waals surface area contributed by atoms with Gasteiger partial charge in [0.2, 0.25) is 0 Å². The van der Waals surface area contributed by atoms with Crippen LogP contribution >= 0.6 is 11.8 Å². The first kappa shape index (κ1) is 151. The number of pyridine rings is 4. The average Bonchev–Trinajstić information content (AvgIpc) is 0.898. The number of benzene rings is 5. The maximum Gasteiger partial charge on any atom is 0.147 e. The molecule has 0 radical (unpaired) electrons. The van der Waals surface area contributed by atoms with Crippen LogP contribution in [0.3, 0.4) is 0 Å². The van der Waals surface area contributed by atoms with Gasteiger partial charge in [0.25, 0.3) is 0 Å². The number of aryl methyl sites for hydroxylation is 10. The van der Waals surface area contributed by atoms with Crippen molar-refractivity contribution < 1.29 is 4.74 Å². The third kappa shape index (κ3) is 90.4. The van der Waals surface area contributed by atoms with E-state index in [4.69, 9.17) is 4.74 Å². The number of ether oxygens (including phenoxy) is 1. The van der Waals surface area contributed by atoms with Gasteiger partial charge >= 0.3 is 0 Å². The molecule has 0 spiro atoms. The molecule has 0 N–H and O–H groups in total. The lowest BCUT2D eigenvalue weighted by Crippen LogP contribution is -2.07. The summed E-state index contributed by atoms with van der Waals surface area (Å²) in [5.74, 6) is 3.85. The molecule has 20 nitrogen and oxygen atoms in total. The van der Waals surface area contributed by atoms with E-state index in [1.807, 2.05) is 430 Å². The fraction of sp³-hybridized carbons (Fsp3) is 0.444. The zero-order valence-electron chi connectivity index (χ0n) is 94.5. The lowest BCUT2D eigenvalue weighted by molar-refractivity contribution is 0.288. The van der Waals surface area contributed by atoms with Crippen LogP contribution in [0.4, 0.5) is 0 Å². The molecule has 15 aromatic rings. The van der Waals surface area contributed by atoms with Crippen molar-refractivity contribution in [3.63, 3.8) is 0 Å². The highest BCUT2D eigenvalue weighted by molar-refractivity contribution is 7.99. The highest BCUT2D eigenvalue weighted by Gasteiger charge is 2.09. The first-order valence-electron chi connectivity index (χ1n) is 51.4. The smallest absolute Gasteiger partial charge is 0.147 e. The van der Waals surface area contributed by atoms with Crippen molar-refractivity contribution in [1.29, 1.82) is 0 Å². The van der Waals surface area contributed by atoms with Crippen LogP contribution < -0.4 is 4.74 Å². The van der Waals surface area contributed by atoms with Crippen molar-refractivity contribution in [3.8, 4) is 5.75 Å². The number of hydrogen-bond donors (Lipinski definition) is 0. The maximum absolute atomic E-state index is 5.42. The Bertz CT molecular complexity index is 3800. The lowest BCUT2D eigenvalue weighted by atomic mass is 9.96. The molecule has 5 aromatic carbocycles. The highest BCUT2D eigenvalue weighted by atomic mass is 32.2. The molecule has 0 saturated carbocycles. The van der Waals surface area contributed by atoms with Gasteiger partial charge in [-0.1, -0.05) is 352 Å². The largest absolute Gasteiger partial charge is 0.493 e. The summed E-state index contributed by atoms with van der Waals surface area (Å²) in [7, 11) is 0. The molecule has 21 heteroatoms. The number of para-hydroxylation sites is 4. The second-order valence-corrected chi connectivity index (χ2v) is 23.5. The Morgan fingerprint density at radius 2 is 0.674 bits per heavy atom. The van der Waals surface area contributed by atoms with Crippen molar-refractivity contribution in [3.05, 3.63) is 345 Å². The molecule has 2 aliphatic heterocycles. The van der Waals surface area contributed by atoms with Gasteiger partial charge in [-0.25, -0.2) is 34.9 Å². The molecule has 0 unspecified atom stereocenters. The first-order chi connectivity index (χ1) is 68.2. The normalized spacial score (nSPS) is 9.12. The summed E-state index contributed by atoms with van der Waals surface area (Å²) in [6.07, 6.45) is 40.2. The maximum atomic E-state index is 5.42. The van der Waals surface area contributed by atoms with Gasteiger partial charge in [-0.3, -0.25) is 29.9 Å². The Kier molecular flexibility index (Phi) is 146. The first-order valence-corrected chi connectivity index (χ1v) is 52.3. The third-order valence-corrected chi connectivity index (χ3v) is 15.5. The molecule has 0 bridgehead atoms. The third-order valence-electron chi connectivity index (χ3n) is 14.3. The molecule has 3 aliphatic rings. The molecule has 12 heterocycles. The van der Waals surface area contributed by atoms with Gasteiger partial charge < -0.3 is 4.74 Å². The van der Waals surface area contributed by atoms with Crippen LogP contribution in [0.5, 0.6) is 5.75 Å². The van der Waals surface area contributed by atoms with Crippen LogP contribution in [0, 0.1) is 41.5 Å². The summed E-state index contributed by atoms with van der Waals surface area (Å²) in [5.41, 5.74) is 13.0. The minimum atomic E-state index is 0.711.